The number of unbranched alkanes of at least 4 members (excludes halogenated alkanes) is 2. The van der Waals surface area contributed by atoms with E-state index in [0.717, 1.165) is 47.3 Å². The third-order valence-electron chi connectivity index (χ3n) is 5.74. The summed E-state index contributed by atoms with van der Waals surface area (Å²) >= 11 is 0. The monoisotopic (exact) mass is 438 g/mol. The van der Waals surface area contributed by atoms with Gasteiger partial charge in [-0.05, 0) is 40.5 Å². The van der Waals surface area contributed by atoms with Crippen molar-refractivity contribution >= 4 is 17.1 Å². The summed E-state index contributed by atoms with van der Waals surface area (Å²) in [5.74, 6) is 0.590. The molecule has 5 aromatic rings. The van der Waals surface area contributed by atoms with Crippen LogP contribution in [0.4, 0.5) is 6.01 Å². The van der Waals surface area contributed by atoms with Crippen molar-refractivity contribution < 1.29 is 4.42 Å². The standard InChI is InChI=1S/C26H26N6O/c1-2-3-8-17-32(26-27-23-11-6-7-12-24(23)33-26)18-19-13-15-20(16-14-19)21-9-4-5-10-22(21)25-28-30-31-29-25/h4-7,9-16H,2-3,8,17-18H2,1H3,(H,28,29,30,31). The molecule has 5 rings (SSSR count). The van der Waals surface area contributed by atoms with E-state index in [9.17, 15) is 0 Å². The molecule has 7 nitrogen and oxygen atoms in total. The minimum absolute atomic E-state index is 0.590. The third kappa shape index (κ3) is 4.62. The van der Waals surface area contributed by atoms with Crippen molar-refractivity contribution in [3.8, 4) is 22.5 Å². The molecular formula is C26H26N6O. The molecule has 0 aliphatic carbocycles. The number of para-hydroxylation sites is 2. The van der Waals surface area contributed by atoms with Gasteiger partial charge >= 0.3 is 0 Å². The number of fused-ring (bicyclic) bond motifs is 1. The van der Waals surface area contributed by atoms with Gasteiger partial charge in [0, 0.05) is 18.7 Å². The second-order valence-corrected chi connectivity index (χ2v) is 8.07. The molecule has 0 aliphatic rings. The Kier molecular flexibility index (Phi) is 6.10. The van der Waals surface area contributed by atoms with Crippen LogP contribution in [0.2, 0.25) is 0 Å². The lowest BCUT2D eigenvalue weighted by molar-refractivity contribution is 0.551. The molecule has 3 aromatic carbocycles. The highest BCUT2D eigenvalue weighted by Gasteiger charge is 2.15. The number of tetrazole rings is 1. The fourth-order valence-electron chi connectivity index (χ4n) is 4.01. The van der Waals surface area contributed by atoms with Gasteiger partial charge in [-0.25, -0.2) is 0 Å². The summed E-state index contributed by atoms with van der Waals surface area (Å²) in [5, 5.41) is 14.5. The molecule has 166 valence electrons. The maximum absolute atomic E-state index is 6.08. The fraction of sp³-hybridized carbons (Fsp3) is 0.231. The van der Waals surface area contributed by atoms with E-state index in [0.29, 0.717) is 11.8 Å². The second-order valence-electron chi connectivity index (χ2n) is 8.07. The van der Waals surface area contributed by atoms with E-state index in [-0.39, 0.29) is 0 Å². The molecule has 0 unspecified atom stereocenters. The van der Waals surface area contributed by atoms with Crippen LogP contribution in [0.25, 0.3) is 33.6 Å². The smallest absolute Gasteiger partial charge is 0.298 e. The summed E-state index contributed by atoms with van der Waals surface area (Å²) in [6.45, 7) is 3.86. The molecule has 0 aliphatic heterocycles. The SMILES string of the molecule is CCCCCN(Cc1ccc(-c2ccccc2-c2nn[nH]n2)cc1)c1nc2ccccc2o1. The number of nitrogens with zero attached hydrogens (tertiary/aromatic N) is 5. The lowest BCUT2D eigenvalue weighted by Crippen LogP contribution is -2.24. The summed E-state index contributed by atoms with van der Waals surface area (Å²) in [6, 6.07) is 25.3. The first-order valence-electron chi connectivity index (χ1n) is 11.3. The van der Waals surface area contributed by atoms with Crippen molar-refractivity contribution in [2.75, 3.05) is 11.4 Å². The topological polar surface area (TPSA) is 83.7 Å². The molecule has 1 N–H and O–H groups in total. The van der Waals surface area contributed by atoms with Crippen molar-refractivity contribution in [2.24, 2.45) is 0 Å². The maximum Gasteiger partial charge on any atom is 0.298 e. The van der Waals surface area contributed by atoms with E-state index in [1.54, 1.807) is 0 Å². The second kappa shape index (κ2) is 9.65. The largest absolute Gasteiger partial charge is 0.423 e. The van der Waals surface area contributed by atoms with Gasteiger partial charge in [-0.3, -0.25) is 0 Å². The highest BCUT2D eigenvalue weighted by Crippen LogP contribution is 2.30. The molecule has 0 amide bonds. The number of benzene rings is 3. The fourth-order valence-corrected chi connectivity index (χ4v) is 4.01. The highest BCUT2D eigenvalue weighted by molar-refractivity contribution is 5.80. The van der Waals surface area contributed by atoms with Gasteiger partial charge in [0.2, 0.25) is 5.82 Å². The zero-order valence-corrected chi connectivity index (χ0v) is 18.6. The van der Waals surface area contributed by atoms with E-state index < -0.39 is 0 Å². The summed E-state index contributed by atoms with van der Waals surface area (Å²) in [5.41, 5.74) is 6.05. The minimum Gasteiger partial charge on any atom is -0.423 e. The molecule has 0 bridgehead atoms. The molecule has 0 radical (unpaired) electrons. The van der Waals surface area contributed by atoms with E-state index in [1.807, 2.05) is 42.5 Å². The Morgan fingerprint density at radius 1 is 0.879 bits per heavy atom. The summed E-state index contributed by atoms with van der Waals surface area (Å²) in [6.07, 6.45) is 3.46. The molecule has 0 saturated heterocycles. The number of aromatic amines is 1. The lowest BCUT2D eigenvalue weighted by Gasteiger charge is -2.21. The summed E-state index contributed by atoms with van der Waals surface area (Å²) < 4.78 is 6.08. The third-order valence-corrected chi connectivity index (χ3v) is 5.74. The van der Waals surface area contributed by atoms with Gasteiger partial charge in [-0.1, -0.05) is 80.4 Å². The summed E-state index contributed by atoms with van der Waals surface area (Å²) in [4.78, 5) is 6.96. The van der Waals surface area contributed by atoms with Gasteiger partial charge in [0.25, 0.3) is 6.01 Å². The predicted octanol–water partition coefficient (Wildman–Crippen LogP) is 5.87. The van der Waals surface area contributed by atoms with Crippen molar-refractivity contribution in [3.05, 3.63) is 78.4 Å². The predicted molar refractivity (Wildman–Crippen MR) is 130 cm³/mol. The van der Waals surface area contributed by atoms with Gasteiger partial charge in [0.15, 0.2) is 5.58 Å². The number of H-pyrrole nitrogens is 1. The van der Waals surface area contributed by atoms with Gasteiger partial charge < -0.3 is 9.32 Å². The van der Waals surface area contributed by atoms with Crippen LogP contribution in [-0.4, -0.2) is 32.2 Å². The van der Waals surface area contributed by atoms with Crippen LogP contribution in [0.1, 0.15) is 31.7 Å². The van der Waals surface area contributed by atoms with Crippen molar-refractivity contribution in [3.63, 3.8) is 0 Å². The van der Waals surface area contributed by atoms with Crippen LogP contribution in [0, 0.1) is 0 Å². The zero-order chi connectivity index (χ0) is 22.5. The number of oxazole rings is 1. The zero-order valence-electron chi connectivity index (χ0n) is 18.6. The molecule has 2 aromatic heterocycles. The molecular weight excluding hydrogens is 412 g/mol. The van der Waals surface area contributed by atoms with E-state index in [1.165, 1.54) is 18.4 Å². The Hall–Kier alpha value is -4.00. The Labute approximate surface area is 192 Å². The van der Waals surface area contributed by atoms with Gasteiger partial charge in [0.1, 0.15) is 5.52 Å². The first-order chi connectivity index (χ1) is 16.3. The Balaban J connectivity index is 1.39. The molecule has 0 spiro atoms. The van der Waals surface area contributed by atoms with Gasteiger partial charge in [-0.15, -0.1) is 10.2 Å². The molecule has 0 fully saturated rings. The average molecular weight is 439 g/mol. The Morgan fingerprint density at radius 3 is 2.42 bits per heavy atom. The maximum atomic E-state index is 6.08. The number of rotatable bonds is 9. The number of nitrogens with one attached hydrogen (secondary N) is 1. The molecule has 33 heavy (non-hydrogen) atoms. The Morgan fingerprint density at radius 2 is 1.67 bits per heavy atom. The van der Waals surface area contributed by atoms with E-state index in [2.05, 4.69) is 62.8 Å². The van der Waals surface area contributed by atoms with Crippen LogP contribution >= 0.6 is 0 Å². The van der Waals surface area contributed by atoms with Crippen molar-refractivity contribution in [1.82, 2.24) is 25.6 Å². The van der Waals surface area contributed by atoms with Crippen LogP contribution in [0.3, 0.4) is 0 Å². The molecule has 0 atom stereocenters. The first kappa shape index (κ1) is 20.9. The van der Waals surface area contributed by atoms with Crippen molar-refractivity contribution in [2.45, 2.75) is 32.7 Å². The molecule has 2 heterocycles. The minimum atomic E-state index is 0.590. The quantitative estimate of drug-likeness (QED) is 0.290. The van der Waals surface area contributed by atoms with Gasteiger partial charge in [0.05, 0.1) is 0 Å². The molecule has 7 heteroatoms. The summed E-state index contributed by atoms with van der Waals surface area (Å²) in [7, 11) is 0. The number of aromatic nitrogens is 5. The van der Waals surface area contributed by atoms with Crippen LogP contribution in [0.5, 0.6) is 0 Å². The van der Waals surface area contributed by atoms with Crippen LogP contribution in [-0.2, 0) is 6.54 Å². The molecule has 0 saturated carbocycles. The number of hydrogen-bond donors (Lipinski definition) is 1. The first-order valence-corrected chi connectivity index (χ1v) is 11.3. The Bertz CT molecular complexity index is 1280. The number of anilines is 1. The van der Waals surface area contributed by atoms with Crippen LogP contribution in [0.15, 0.2) is 77.2 Å². The lowest BCUT2D eigenvalue weighted by atomic mass is 9.98. The van der Waals surface area contributed by atoms with Crippen molar-refractivity contribution in [1.29, 1.82) is 0 Å². The van der Waals surface area contributed by atoms with E-state index >= 15 is 0 Å². The van der Waals surface area contributed by atoms with Crippen LogP contribution < -0.4 is 4.90 Å². The van der Waals surface area contributed by atoms with Gasteiger partial charge in [-0.2, -0.15) is 10.2 Å². The average Bonchev–Trinajstić information content (AvgIpc) is 3.54. The highest BCUT2D eigenvalue weighted by atomic mass is 16.4. The number of hydrogen-bond acceptors (Lipinski definition) is 6. The van der Waals surface area contributed by atoms with E-state index in [4.69, 9.17) is 9.40 Å². The normalized spacial score (nSPS) is 11.2.